The number of fused-ring (bicyclic) bond motifs is 1. The molecule has 1 aliphatic heterocycles. The Morgan fingerprint density at radius 2 is 1.93 bits per heavy atom. The second-order valence-corrected chi connectivity index (χ2v) is 7.03. The van der Waals surface area contributed by atoms with Crippen LogP contribution in [0.1, 0.15) is 43.8 Å². The van der Waals surface area contributed by atoms with Crippen LogP contribution in [0.3, 0.4) is 0 Å². The van der Waals surface area contributed by atoms with Crippen molar-refractivity contribution < 1.29 is 14.3 Å². The van der Waals surface area contributed by atoms with E-state index < -0.39 is 0 Å². The van der Waals surface area contributed by atoms with E-state index in [2.05, 4.69) is 20.6 Å². The number of rotatable bonds is 4. The lowest BCUT2D eigenvalue weighted by molar-refractivity contribution is 0.0950. The summed E-state index contributed by atoms with van der Waals surface area (Å²) in [5, 5.41) is 5.75. The number of hydrogen-bond donors (Lipinski definition) is 3. The van der Waals surface area contributed by atoms with Crippen molar-refractivity contribution in [1.29, 1.82) is 0 Å². The summed E-state index contributed by atoms with van der Waals surface area (Å²) in [4.78, 5) is 32.5. The second-order valence-electron chi connectivity index (χ2n) is 7.03. The minimum Gasteiger partial charge on any atom is -0.496 e. The lowest BCUT2D eigenvalue weighted by atomic mass is 9.93. The molecule has 0 spiro atoms. The Hall–Kier alpha value is -3.61. The van der Waals surface area contributed by atoms with Crippen LogP contribution in [0.4, 0.5) is 5.69 Å². The number of benzene rings is 2. The van der Waals surface area contributed by atoms with E-state index in [0.717, 1.165) is 16.9 Å². The van der Waals surface area contributed by atoms with Gasteiger partial charge in [-0.25, -0.2) is 4.98 Å². The Morgan fingerprint density at radius 3 is 2.72 bits per heavy atom. The number of ether oxygens (including phenoxy) is 1. The van der Waals surface area contributed by atoms with E-state index in [0.29, 0.717) is 24.3 Å². The first kappa shape index (κ1) is 18.7. The average Bonchev–Trinajstić information content (AvgIpc) is 3.10. The number of amides is 2. The van der Waals surface area contributed by atoms with Crippen LogP contribution in [0.5, 0.6) is 5.75 Å². The van der Waals surface area contributed by atoms with Crippen molar-refractivity contribution in [3.05, 3.63) is 76.9 Å². The molecule has 0 saturated heterocycles. The van der Waals surface area contributed by atoms with E-state index in [-0.39, 0.29) is 29.3 Å². The lowest BCUT2D eigenvalue weighted by Crippen LogP contribution is -2.27. The number of aromatic amines is 1. The molecule has 3 aromatic rings. The van der Waals surface area contributed by atoms with Gasteiger partial charge in [-0.15, -0.1) is 0 Å². The van der Waals surface area contributed by atoms with Crippen LogP contribution >= 0.6 is 0 Å². The van der Waals surface area contributed by atoms with Gasteiger partial charge >= 0.3 is 0 Å². The Labute approximate surface area is 168 Å². The number of carbonyl (C=O) groups is 2. The minimum absolute atomic E-state index is 0.00378. The molecule has 1 aliphatic rings. The molecule has 0 bridgehead atoms. The van der Waals surface area contributed by atoms with Crippen LogP contribution in [-0.4, -0.2) is 35.4 Å². The van der Waals surface area contributed by atoms with Crippen LogP contribution in [0, 0.1) is 6.92 Å². The fourth-order valence-corrected chi connectivity index (χ4v) is 3.59. The van der Waals surface area contributed by atoms with Crippen LogP contribution < -0.4 is 15.4 Å². The smallest absolute Gasteiger partial charge is 0.291 e. The third-order valence-electron chi connectivity index (χ3n) is 5.14. The quantitative estimate of drug-likeness (QED) is 0.638. The highest BCUT2D eigenvalue weighted by molar-refractivity contribution is 6.03. The molecular weight excluding hydrogens is 368 g/mol. The molecule has 0 saturated carbocycles. The van der Waals surface area contributed by atoms with Crippen LogP contribution in [0.15, 0.2) is 48.5 Å². The molecule has 0 unspecified atom stereocenters. The molecule has 2 amide bonds. The highest BCUT2D eigenvalue weighted by Gasteiger charge is 2.29. The van der Waals surface area contributed by atoms with Crippen molar-refractivity contribution >= 4 is 17.5 Å². The zero-order valence-electron chi connectivity index (χ0n) is 16.3. The summed E-state index contributed by atoms with van der Waals surface area (Å²) >= 11 is 0. The Balaban J connectivity index is 1.62. The molecule has 2 aromatic carbocycles. The van der Waals surface area contributed by atoms with Gasteiger partial charge in [-0.3, -0.25) is 9.59 Å². The Bertz CT molecular complexity index is 1070. The highest BCUT2D eigenvalue weighted by Crippen LogP contribution is 2.30. The summed E-state index contributed by atoms with van der Waals surface area (Å²) in [6.07, 6.45) is 0.541. The van der Waals surface area contributed by atoms with Gasteiger partial charge in [-0.05, 0) is 36.6 Å². The van der Waals surface area contributed by atoms with Crippen molar-refractivity contribution in [1.82, 2.24) is 15.3 Å². The summed E-state index contributed by atoms with van der Waals surface area (Å²) in [7, 11) is 1.63. The molecule has 29 heavy (non-hydrogen) atoms. The summed E-state index contributed by atoms with van der Waals surface area (Å²) in [5.41, 5.74) is 3.57. The van der Waals surface area contributed by atoms with Crippen LogP contribution in [0.25, 0.3) is 0 Å². The molecule has 0 fully saturated rings. The van der Waals surface area contributed by atoms with E-state index in [9.17, 15) is 9.59 Å². The summed E-state index contributed by atoms with van der Waals surface area (Å²) in [6, 6.07) is 15.2. The van der Waals surface area contributed by atoms with E-state index >= 15 is 0 Å². The molecule has 4 rings (SSSR count). The van der Waals surface area contributed by atoms with Gasteiger partial charge in [0.15, 0.2) is 5.82 Å². The predicted octanol–water partition coefficient (Wildman–Crippen LogP) is 3.05. The Morgan fingerprint density at radius 1 is 1.17 bits per heavy atom. The predicted molar refractivity (Wildman–Crippen MR) is 109 cm³/mol. The van der Waals surface area contributed by atoms with Gasteiger partial charge in [-0.2, -0.15) is 0 Å². The molecule has 0 radical (unpaired) electrons. The number of anilines is 1. The van der Waals surface area contributed by atoms with E-state index in [1.54, 1.807) is 7.11 Å². The number of nitrogens with zero attached hydrogens (tertiary/aromatic N) is 1. The highest BCUT2D eigenvalue weighted by atomic mass is 16.5. The first-order chi connectivity index (χ1) is 14.1. The fraction of sp³-hybridized carbons (Fsp3) is 0.227. The molecule has 2 heterocycles. The van der Waals surface area contributed by atoms with Crippen molar-refractivity contribution in [3.8, 4) is 5.75 Å². The summed E-state index contributed by atoms with van der Waals surface area (Å²) in [5.74, 6) is 0.225. The normalized spacial score (nSPS) is 15.8. The number of methoxy groups -OCH3 is 1. The van der Waals surface area contributed by atoms with Crippen LogP contribution in [-0.2, 0) is 6.42 Å². The van der Waals surface area contributed by atoms with Gasteiger partial charge in [0, 0.05) is 23.8 Å². The topological polar surface area (TPSA) is 96.1 Å². The first-order valence-corrected chi connectivity index (χ1v) is 9.43. The monoisotopic (exact) mass is 390 g/mol. The number of carbonyl (C=O) groups excluding carboxylic acids is 2. The number of para-hydroxylation sites is 2. The van der Waals surface area contributed by atoms with Crippen molar-refractivity contribution in [3.63, 3.8) is 0 Å². The standard InChI is InChI=1S/C22H22N4O3/c1-13-7-3-5-9-16(13)25-22(28)20-24-17-11-14(12-23-21(27)19(17)26-20)15-8-4-6-10-18(15)29-2/h3-10,14H,11-12H2,1-2H3,(H,23,27)(H,24,26)(H,25,28)/t14-/m0/s1. The summed E-state index contributed by atoms with van der Waals surface area (Å²) < 4.78 is 5.47. The number of imidazole rings is 1. The molecule has 1 atom stereocenters. The first-order valence-electron chi connectivity index (χ1n) is 9.43. The van der Waals surface area contributed by atoms with Gasteiger partial charge in [0.2, 0.25) is 0 Å². The van der Waals surface area contributed by atoms with Gasteiger partial charge in [0.05, 0.1) is 7.11 Å². The molecule has 0 aliphatic carbocycles. The second kappa shape index (κ2) is 7.79. The van der Waals surface area contributed by atoms with Crippen molar-refractivity contribution in [2.45, 2.75) is 19.3 Å². The largest absolute Gasteiger partial charge is 0.496 e. The van der Waals surface area contributed by atoms with Crippen molar-refractivity contribution in [2.75, 3.05) is 19.0 Å². The average molecular weight is 390 g/mol. The number of aromatic nitrogens is 2. The molecule has 1 aromatic heterocycles. The number of H-pyrrole nitrogens is 1. The molecule has 7 heteroatoms. The maximum atomic E-state index is 12.7. The van der Waals surface area contributed by atoms with Crippen LogP contribution in [0.2, 0.25) is 0 Å². The third-order valence-corrected chi connectivity index (χ3v) is 5.14. The SMILES string of the molecule is COc1ccccc1[C@@H]1CNC(=O)c2nc(C(=O)Nc3ccccc3C)[nH]c2C1. The summed E-state index contributed by atoms with van der Waals surface area (Å²) in [6.45, 7) is 2.38. The van der Waals surface area contributed by atoms with E-state index in [1.807, 2.05) is 55.5 Å². The van der Waals surface area contributed by atoms with Gasteiger partial charge < -0.3 is 20.4 Å². The van der Waals surface area contributed by atoms with Gasteiger partial charge in [0.25, 0.3) is 11.8 Å². The number of hydrogen-bond acceptors (Lipinski definition) is 4. The Kier molecular flexibility index (Phi) is 5.03. The lowest BCUT2D eigenvalue weighted by Gasteiger charge is -2.17. The molecule has 3 N–H and O–H groups in total. The maximum Gasteiger partial charge on any atom is 0.291 e. The zero-order valence-corrected chi connectivity index (χ0v) is 16.3. The zero-order chi connectivity index (χ0) is 20.4. The minimum atomic E-state index is -0.381. The molecule has 148 valence electrons. The van der Waals surface area contributed by atoms with Gasteiger partial charge in [0.1, 0.15) is 11.4 Å². The van der Waals surface area contributed by atoms with Crippen molar-refractivity contribution in [2.24, 2.45) is 0 Å². The number of nitrogens with one attached hydrogen (secondary N) is 3. The molecule has 7 nitrogen and oxygen atoms in total. The van der Waals surface area contributed by atoms with Gasteiger partial charge in [-0.1, -0.05) is 36.4 Å². The third kappa shape index (κ3) is 3.71. The number of aryl methyl sites for hydroxylation is 1. The van der Waals surface area contributed by atoms with E-state index in [4.69, 9.17) is 4.74 Å². The fourth-order valence-electron chi connectivity index (χ4n) is 3.59. The molecular formula is C22H22N4O3. The van der Waals surface area contributed by atoms with E-state index in [1.165, 1.54) is 0 Å². The maximum absolute atomic E-state index is 12.7.